The van der Waals surface area contributed by atoms with E-state index in [1.165, 1.54) is 16.2 Å². The first kappa shape index (κ1) is 29.2. The molecule has 0 aliphatic carbocycles. The van der Waals surface area contributed by atoms with Crippen LogP contribution < -0.4 is 5.53 Å². The molecule has 1 N–H and O–H groups in total. The molecule has 0 spiro atoms. The van der Waals surface area contributed by atoms with Gasteiger partial charge in [0.25, 0.3) is 0 Å². The summed E-state index contributed by atoms with van der Waals surface area (Å²) in [6.45, 7) is -0.383. The van der Waals surface area contributed by atoms with Crippen LogP contribution in [0.25, 0.3) is 11.4 Å². The number of carbonyl (C=O) groups is 1. The molecule has 5 nitrogen and oxygen atoms in total. The van der Waals surface area contributed by atoms with Crippen molar-refractivity contribution in [1.82, 2.24) is 20.5 Å². The quantitative estimate of drug-likeness (QED) is 0.181. The van der Waals surface area contributed by atoms with Gasteiger partial charge >= 0.3 is 12.4 Å². The Hall–Kier alpha value is -4.35. The number of hydrogen-bond donors (Lipinski definition) is 1. The zero-order valence-electron chi connectivity index (χ0n) is 21.8. The van der Waals surface area contributed by atoms with E-state index < -0.39 is 29.3 Å². The van der Waals surface area contributed by atoms with Gasteiger partial charge in [0, 0.05) is 24.4 Å². The predicted octanol–water partition coefficient (Wildman–Crippen LogP) is 7.70. The average Bonchev–Trinajstić information content (AvgIpc) is 3.27. The number of halogens is 7. The van der Waals surface area contributed by atoms with E-state index >= 15 is 0 Å². The van der Waals surface area contributed by atoms with Gasteiger partial charge in [-0.1, -0.05) is 54.1 Å². The molecule has 4 aromatic rings. The minimum absolute atomic E-state index is 0.0902. The van der Waals surface area contributed by atoms with Crippen LogP contribution in [-0.4, -0.2) is 27.8 Å². The monoisotopic (exact) mass is 602 g/mol. The summed E-state index contributed by atoms with van der Waals surface area (Å²) >= 11 is 6.29. The number of hydrazine groups is 2. The van der Waals surface area contributed by atoms with Crippen LogP contribution in [0.5, 0.6) is 0 Å². The average molecular weight is 603 g/mol. The van der Waals surface area contributed by atoms with E-state index in [0.29, 0.717) is 29.1 Å². The fourth-order valence-electron chi connectivity index (χ4n) is 4.70. The smallest absolute Gasteiger partial charge is 0.289 e. The second-order valence-corrected chi connectivity index (χ2v) is 9.84. The van der Waals surface area contributed by atoms with Crippen LogP contribution in [0.1, 0.15) is 43.9 Å². The van der Waals surface area contributed by atoms with Crippen LogP contribution in [0, 0.1) is 0 Å². The molecule has 1 aromatic heterocycles. The molecule has 0 bridgehead atoms. The number of hydrogen-bond acceptors (Lipinski definition) is 5. The number of carbonyl (C=O) groups excluding carboxylic acids is 1. The van der Waals surface area contributed by atoms with Crippen LogP contribution in [0.3, 0.4) is 0 Å². The van der Waals surface area contributed by atoms with Crippen LogP contribution in [0.15, 0.2) is 91.1 Å². The number of aromatic nitrogens is 1. The zero-order chi connectivity index (χ0) is 30.2. The Morgan fingerprint density at radius 3 is 2.02 bits per heavy atom. The largest absolute Gasteiger partial charge is 0.416 e. The van der Waals surface area contributed by atoms with Crippen molar-refractivity contribution in [1.29, 1.82) is 0 Å². The van der Waals surface area contributed by atoms with Crippen LogP contribution in [0.2, 0.25) is 5.02 Å². The number of pyridine rings is 1. The molecular formula is C30H21ClF6N4O. The molecule has 0 atom stereocenters. The molecule has 0 radical (unpaired) electrons. The fraction of sp³-hybridized carbons (Fsp3) is 0.133. The second kappa shape index (κ2) is 11.1. The number of benzene rings is 3. The van der Waals surface area contributed by atoms with Gasteiger partial charge in [0.2, 0.25) is 0 Å². The highest BCUT2D eigenvalue weighted by atomic mass is 35.5. The molecule has 42 heavy (non-hydrogen) atoms. The Morgan fingerprint density at radius 2 is 1.40 bits per heavy atom. The molecule has 2 heterocycles. The summed E-state index contributed by atoms with van der Waals surface area (Å²) in [7, 11) is 1.60. The van der Waals surface area contributed by atoms with E-state index in [9.17, 15) is 31.1 Å². The van der Waals surface area contributed by atoms with Crippen molar-refractivity contribution < 1.29 is 31.1 Å². The molecule has 0 saturated heterocycles. The molecule has 3 aromatic carbocycles. The molecule has 216 valence electrons. The summed E-state index contributed by atoms with van der Waals surface area (Å²) < 4.78 is 81.4. The van der Waals surface area contributed by atoms with Gasteiger partial charge in [-0.15, -0.1) is 5.53 Å². The minimum Gasteiger partial charge on any atom is -0.289 e. The first-order valence-electron chi connectivity index (χ1n) is 12.4. The van der Waals surface area contributed by atoms with Crippen molar-refractivity contribution in [3.63, 3.8) is 0 Å². The van der Waals surface area contributed by atoms with Crippen molar-refractivity contribution in [2.24, 2.45) is 0 Å². The highest BCUT2D eigenvalue weighted by Crippen LogP contribution is 2.39. The summed E-state index contributed by atoms with van der Waals surface area (Å²) in [6, 6.07) is 19.8. The van der Waals surface area contributed by atoms with Gasteiger partial charge in [-0.25, -0.2) is 0 Å². The topological polar surface area (TPSA) is 48.5 Å². The van der Waals surface area contributed by atoms with Crippen molar-refractivity contribution in [2.75, 3.05) is 7.05 Å². The highest BCUT2D eigenvalue weighted by Gasteiger charge is 2.38. The molecule has 0 unspecified atom stereocenters. The predicted molar refractivity (Wildman–Crippen MR) is 145 cm³/mol. The van der Waals surface area contributed by atoms with Crippen molar-refractivity contribution in [3.05, 3.63) is 135 Å². The summed E-state index contributed by atoms with van der Waals surface area (Å²) in [4.78, 5) is 18.1. The Bertz CT molecular complexity index is 1640. The second-order valence-electron chi connectivity index (χ2n) is 9.43. The Labute approximate surface area is 241 Å². The van der Waals surface area contributed by atoms with E-state index in [2.05, 4.69) is 10.5 Å². The van der Waals surface area contributed by atoms with Crippen molar-refractivity contribution >= 4 is 28.8 Å². The summed E-state index contributed by atoms with van der Waals surface area (Å²) in [6.07, 6.45) is -8.50. The van der Waals surface area contributed by atoms with Gasteiger partial charge in [-0.3, -0.25) is 19.8 Å². The van der Waals surface area contributed by atoms with Gasteiger partial charge in [-0.05, 0) is 48.0 Å². The van der Waals surface area contributed by atoms with Gasteiger partial charge in [0.15, 0.2) is 5.78 Å². The number of ketones is 1. The van der Waals surface area contributed by atoms with E-state index in [1.54, 1.807) is 73.8 Å². The highest BCUT2D eigenvalue weighted by molar-refractivity contribution is 6.35. The third-order valence-electron chi connectivity index (χ3n) is 6.53. The molecule has 1 aliphatic heterocycles. The van der Waals surface area contributed by atoms with Crippen LogP contribution in [0.4, 0.5) is 26.3 Å². The summed E-state index contributed by atoms with van der Waals surface area (Å²) in [5.41, 5.74) is 1.93. The van der Waals surface area contributed by atoms with E-state index in [0.717, 1.165) is 0 Å². The SMILES string of the molecule is CN1NN(Cc2cc(C(F)(F)F)cc(C(F)(F)F)c2)C(c2ccccc2)=C1c1ncccc1C(=O)c1ccccc1Cl. The molecule has 0 amide bonds. The molecule has 0 saturated carbocycles. The zero-order valence-corrected chi connectivity index (χ0v) is 22.5. The normalized spacial score (nSPS) is 14.1. The Kier molecular flexibility index (Phi) is 7.74. The maximum Gasteiger partial charge on any atom is 0.416 e. The van der Waals surface area contributed by atoms with E-state index in [4.69, 9.17) is 11.6 Å². The molecule has 5 rings (SSSR count). The van der Waals surface area contributed by atoms with Crippen molar-refractivity contribution in [2.45, 2.75) is 18.9 Å². The maximum atomic E-state index is 13.6. The standard InChI is InChI=1S/C30H21ClF6N4O/c1-40-27(25-23(11-7-13-38-25)28(42)22-10-5-6-12-24(22)31)26(19-8-3-2-4-9-19)41(39-40)17-18-14-20(29(32,33)34)16-21(15-18)30(35,36)37/h2-16,39H,17H2,1H3. The van der Waals surface area contributed by atoms with Crippen LogP contribution in [-0.2, 0) is 18.9 Å². The third-order valence-corrected chi connectivity index (χ3v) is 6.86. The third kappa shape index (κ3) is 5.83. The lowest BCUT2D eigenvalue weighted by molar-refractivity contribution is -0.143. The van der Waals surface area contributed by atoms with Crippen molar-refractivity contribution in [3.8, 4) is 0 Å². The van der Waals surface area contributed by atoms with Gasteiger partial charge in [-0.2, -0.15) is 26.3 Å². The lowest BCUT2D eigenvalue weighted by Crippen LogP contribution is -2.38. The van der Waals surface area contributed by atoms with Gasteiger partial charge < -0.3 is 0 Å². The lowest BCUT2D eigenvalue weighted by atomic mass is 9.98. The Balaban J connectivity index is 1.66. The molecule has 1 aliphatic rings. The maximum absolute atomic E-state index is 13.6. The fourth-order valence-corrected chi connectivity index (χ4v) is 4.92. The molecular weight excluding hydrogens is 582 g/mol. The number of alkyl halides is 6. The molecule has 12 heteroatoms. The molecule has 0 fully saturated rings. The summed E-state index contributed by atoms with van der Waals surface area (Å²) in [5.74, 6) is -0.414. The van der Waals surface area contributed by atoms with E-state index in [1.807, 2.05) is 0 Å². The lowest BCUT2D eigenvalue weighted by Gasteiger charge is -2.24. The first-order valence-corrected chi connectivity index (χ1v) is 12.8. The van der Waals surface area contributed by atoms with Crippen LogP contribution >= 0.6 is 11.6 Å². The van der Waals surface area contributed by atoms with E-state index in [-0.39, 0.29) is 40.0 Å². The van der Waals surface area contributed by atoms with Gasteiger partial charge in [0.1, 0.15) is 11.4 Å². The Morgan fingerprint density at radius 1 is 0.810 bits per heavy atom. The number of rotatable bonds is 6. The summed E-state index contributed by atoms with van der Waals surface area (Å²) in [5, 5.41) is 3.16. The first-order chi connectivity index (χ1) is 19.8. The number of nitrogens with one attached hydrogen (secondary N) is 1. The number of nitrogens with zero attached hydrogens (tertiary/aromatic N) is 3. The van der Waals surface area contributed by atoms with Gasteiger partial charge in [0.05, 0.1) is 34.0 Å². The minimum atomic E-state index is -4.99.